The summed E-state index contributed by atoms with van der Waals surface area (Å²) in [6.07, 6.45) is 2.04. The van der Waals surface area contributed by atoms with Gasteiger partial charge in [0.25, 0.3) is 0 Å². The first-order chi connectivity index (χ1) is 15.3. The zero-order valence-electron chi connectivity index (χ0n) is 17.4. The molecule has 2 fully saturated rings. The molecule has 2 aliphatic heterocycles. The SMILES string of the molecule is CSCCC1(C(=O)[O-])[NH2+]C(c2cc(I)ccc2O)C2C(=O)N(Cc3ccccc3)C(=O)C21. The van der Waals surface area contributed by atoms with Crippen LogP contribution in [-0.4, -0.2) is 45.3 Å². The van der Waals surface area contributed by atoms with Crippen LogP contribution in [0.4, 0.5) is 0 Å². The maximum Gasteiger partial charge on any atom is 0.240 e. The van der Waals surface area contributed by atoms with E-state index in [4.69, 9.17) is 0 Å². The molecule has 4 unspecified atom stereocenters. The van der Waals surface area contributed by atoms with Crippen molar-refractivity contribution >= 4 is 52.1 Å². The number of imide groups is 1. The fraction of sp³-hybridized carbons (Fsp3) is 0.348. The Morgan fingerprint density at radius 1 is 1.22 bits per heavy atom. The van der Waals surface area contributed by atoms with Gasteiger partial charge in [0.15, 0.2) is 5.54 Å². The highest BCUT2D eigenvalue weighted by Crippen LogP contribution is 2.47. The molecule has 2 amide bonds. The number of likely N-dealkylation sites (tertiary alicyclic amines) is 1. The van der Waals surface area contributed by atoms with Crippen LogP contribution in [-0.2, 0) is 20.9 Å². The molecular formula is C23H23IN2O5S. The number of carboxylic acid groups (broad SMARTS) is 1. The number of phenolic OH excluding ortho intramolecular Hbond substituents is 1. The second-order valence-electron chi connectivity index (χ2n) is 8.22. The topological polar surface area (TPSA) is 114 Å². The number of phenols is 1. The lowest BCUT2D eigenvalue weighted by atomic mass is 9.78. The van der Waals surface area contributed by atoms with Crippen molar-refractivity contribution in [1.29, 1.82) is 0 Å². The number of aromatic hydroxyl groups is 1. The van der Waals surface area contributed by atoms with Crippen molar-refractivity contribution in [2.24, 2.45) is 11.8 Å². The summed E-state index contributed by atoms with van der Waals surface area (Å²) < 4.78 is 0.841. The van der Waals surface area contributed by atoms with Crippen molar-refractivity contribution in [1.82, 2.24) is 4.90 Å². The van der Waals surface area contributed by atoms with Crippen molar-refractivity contribution in [2.75, 3.05) is 12.0 Å². The molecule has 2 heterocycles. The number of nitrogens with zero attached hydrogens (tertiary/aromatic N) is 1. The highest BCUT2D eigenvalue weighted by molar-refractivity contribution is 14.1. The van der Waals surface area contributed by atoms with Crippen LogP contribution >= 0.6 is 34.4 Å². The molecule has 4 atom stereocenters. The van der Waals surface area contributed by atoms with Crippen molar-refractivity contribution < 1.29 is 29.9 Å². The molecular weight excluding hydrogens is 543 g/mol. The first-order valence-electron chi connectivity index (χ1n) is 10.2. The molecule has 0 saturated carbocycles. The van der Waals surface area contributed by atoms with E-state index in [-0.39, 0.29) is 18.7 Å². The first-order valence-corrected chi connectivity index (χ1v) is 12.7. The molecule has 0 spiro atoms. The summed E-state index contributed by atoms with van der Waals surface area (Å²) in [7, 11) is 0. The number of benzene rings is 2. The Bertz CT molecular complexity index is 1070. The van der Waals surface area contributed by atoms with Gasteiger partial charge in [-0.15, -0.1) is 0 Å². The number of amides is 2. The lowest BCUT2D eigenvalue weighted by molar-refractivity contribution is -0.739. The summed E-state index contributed by atoms with van der Waals surface area (Å²) in [6.45, 7) is 0.0855. The number of nitrogens with two attached hydrogens (primary N) is 1. The van der Waals surface area contributed by atoms with Crippen LogP contribution < -0.4 is 10.4 Å². The standard InChI is InChI=1S/C23H23IN2O5S/c1-32-10-9-23(22(30)31)18-17(19(25-23)15-11-14(24)7-8-16(15)27)20(28)26(21(18)29)12-13-5-3-2-4-6-13/h2-8,11,17-19,25,27H,9-10,12H2,1H3,(H,30,31). The summed E-state index contributed by atoms with van der Waals surface area (Å²) in [5, 5.41) is 24.7. The number of hydrogen-bond acceptors (Lipinski definition) is 6. The van der Waals surface area contributed by atoms with Crippen molar-refractivity contribution in [3.05, 3.63) is 63.2 Å². The van der Waals surface area contributed by atoms with Gasteiger partial charge in [-0.3, -0.25) is 14.5 Å². The Morgan fingerprint density at radius 3 is 2.59 bits per heavy atom. The number of carbonyl (C=O) groups is 3. The molecule has 2 aliphatic rings. The van der Waals surface area contributed by atoms with Crippen LogP contribution in [0.2, 0.25) is 0 Å². The second kappa shape index (κ2) is 9.03. The fourth-order valence-electron chi connectivity index (χ4n) is 4.99. The second-order valence-corrected chi connectivity index (χ2v) is 10.4. The molecule has 168 valence electrons. The lowest BCUT2D eigenvalue weighted by Crippen LogP contribution is -2.99. The minimum atomic E-state index is -1.58. The van der Waals surface area contributed by atoms with Crippen LogP contribution in [0, 0.1) is 15.4 Å². The van der Waals surface area contributed by atoms with E-state index in [1.807, 2.05) is 36.6 Å². The maximum atomic E-state index is 13.5. The van der Waals surface area contributed by atoms with Gasteiger partial charge in [0.1, 0.15) is 29.6 Å². The molecule has 2 aromatic carbocycles. The van der Waals surface area contributed by atoms with E-state index in [0.29, 0.717) is 11.3 Å². The molecule has 2 aromatic rings. The summed E-state index contributed by atoms with van der Waals surface area (Å²) in [5.41, 5.74) is -0.332. The monoisotopic (exact) mass is 566 g/mol. The minimum absolute atomic E-state index is 0.0220. The van der Waals surface area contributed by atoms with Gasteiger partial charge in [-0.1, -0.05) is 30.3 Å². The predicted molar refractivity (Wildman–Crippen MR) is 125 cm³/mol. The Morgan fingerprint density at radius 2 is 1.94 bits per heavy atom. The number of halogens is 1. The number of fused-ring (bicyclic) bond motifs is 1. The molecule has 32 heavy (non-hydrogen) atoms. The molecule has 0 bridgehead atoms. The molecule has 7 nitrogen and oxygen atoms in total. The van der Waals surface area contributed by atoms with Crippen LogP contribution in [0.5, 0.6) is 5.75 Å². The Hall–Kier alpha value is -2.11. The highest BCUT2D eigenvalue weighted by atomic mass is 127. The average Bonchev–Trinajstić information content (AvgIpc) is 3.25. The van der Waals surface area contributed by atoms with E-state index in [1.165, 1.54) is 22.7 Å². The smallest absolute Gasteiger partial charge is 0.240 e. The number of aliphatic carboxylic acids is 1. The van der Waals surface area contributed by atoms with Gasteiger partial charge in [0.2, 0.25) is 11.8 Å². The van der Waals surface area contributed by atoms with Crippen LogP contribution in [0.1, 0.15) is 23.6 Å². The van der Waals surface area contributed by atoms with Gasteiger partial charge >= 0.3 is 0 Å². The predicted octanol–water partition coefficient (Wildman–Crippen LogP) is 0.658. The number of quaternary nitrogens is 1. The third-order valence-corrected chi connectivity index (χ3v) is 7.78. The Balaban J connectivity index is 1.81. The first kappa shape index (κ1) is 23.1. The molecule has 9 heteroatoms. The Labute approximate surface area is 203 Å². The van der Waals surface area contributed by atoms with Gasteiger partial charge in [-0.25, -0.2) is 0 Å². The van der Waals surface area contributed by atoms with E-state index in [0.717, 1.165) is 9.13 Å². The highest BCUT2D eigenvalue weighted by Gasteiger charge is 2.69. The van der Waals surface area contributed by atoms with E-state index in [9.17, 15) is 24.6 Å². The van der Waals surface area contributed by atoms with Gasteiger partial charge < -0.3 is 20.3 Å². The third-order valence-electron chi connectivity index (χ3n) is 6.49. The molecule has 0 radical (unpaired) electrons. The quantitative estimate of drug-likeness (QED) is 0.376. The largest absolute Gasteiger partial charge is 0.544 e. The summed E-state index contributed by atoms with van der Waals surface area (Å²) in [6, 6.07) is 13.4. The molecule has 2 saturated heterocycles. The van der Waals surface area contributed by atoms with E-state index in [2.05, 4.69) is 22.6 Å². The summed E-state index contributed by atoms with van der Waals surface area (Å²) in [4.78, 5) is 40.8. The van der Waals surface area contributed by atoms with E-state index in [1.54, 1.807) is 17.4 Å². The van der Waals surface area contributed by atoms with Crippen molar-refractivity contribution in [3.8, 4) is 5.75 Å². The van der Waals surface area contributed by atoms with Crippen molar-refractivity contribution in [3.63, 3.8) is 0 Å². The number of thioether (sulfide) groups is 1. The van der Waals surface area contributed by atoms with Crippen LogP contribution in [0.3, 0.4) is 0 Å². The summed E-state index contributed by atoms with van der Waals surface area (Å²) in [5.74, 6) is -3.72. The fourth-order valence-corrected chi connectivity index (χ4v) is 6.04. The average molecular weight is 566 g/mol. The number of carbonyl (C=O) groups excluding carboxylic acids is 3. The van der Waals surface area contributed by atoms with Crippen LogP contribution in [0.15, 0.2) is 48.5 Å². The minimum Gasteiger partial charge on any atom is -0.544 e. The van der Waals surface area contributed by atoms with E-state index >= 15 is 0 Å². The van der Waals surface area contributed by atoms with Gasteiger partial charge in [-0.05, 0) is 58.4 Å². The Kier molecular flexibility index (Phi) is 6.51. The maximum absolute atomic E-state index is 13.5. The third kappa shape index (κ3) is 3.80. The molecule has 0 aromatic heterocycles. The number of hydrogen-bond donors (Lipinski definition) is 2. The van der Waals surface area contributed by atoms with Gasteiger partial charge in [0, 0.05) is 9.99 Å². The lowest BCUT2D eigenvalue weighted by Gasteiger charge is -2.32. The molecule has 3 N–H and O–H groups in total. The molecule has 0 aliphatic carbocycles. The number of rotatable bonds is 7. The normalized spacial score (nSPS) is 27.1. The molecule has 4 rings (SSSR count). The van der Waals surface area contributed by atoms with Gasteiger partial charge in [0.05, 0.1) is 12.1 Å². The zero-order chi connectivity index (χ0) is 23.0. The van der Waals surface area contributed by atoms with Gasteiger partial charge in [-0.2, -0.15) is 11.8 Å². The summed E-state index contributed by atoms with van der Waals surface area (Å²) >= 11 is 3.58. The number of carboxylic acids is 1. The van der Waals surface area contributed by atoms with Crippen LogP contribution in [0.25, 0.3) is 0 Å². The zero-order valence-corrected chi connectivity index (χ0v) is 20.3. The van der Waals surface area contributed by atoms with E-state index < -0.39 is 41.2 Å². The van der Waals surface area contributed by atoms with Crippen molar-refractivity contribution in [2.45, 2.75) is 24.5 Å².